The molecule has 1 aliphatic rings. The van der Waals surface area contributed by atoms with Gasteiger partial charge in [0.2, 0.25) is 0 Å². The molecule has 0 fully saturated rings. The summed E-state index contributed by atoms with van der Waals surface area (Å²) in [6, 6.07) is 12.1. The Morgan fingerprint density at radius 3 is 2.66 bits per heavy atom. The van der Waals surface area contributed by atoms with Crippen LogP contribution in [-0.2, 0) is 9.53 Å². The summed E-state index contributed by atoms with van der Waals surface area (Å²) in [6.07, 6.45) is 0.587. The number of hydrogen-bond acceptors (Lipinski definition) is 7. The zero-order valence-corrected chi connectivity index (χ0v) is 18.6. The number of nitrogens with one attached hydrogen (secondary N) is 1. The number of esters is 1. The summed E-state index contributed by atoms with van der Waals surface area (Å²) in [4.78, 5) is 24.4. The quantitative estimate of drug-likeness (QED) is 0.564. The molecule has 1 N–H and O–H groups in total. The molecule has 0 saturated heterocycles. The highest BCUT2D eigenvalue weighted by Gasteiger charge is 2.21. The van der Waals surface area contributed by atoms with Gasteiger partial charge in [0.1, 0.15) is 12.7 Å². The van der Waals surface area contributed by atoms with Crippen LogP contribution in [0.5, 0.6) is 23.0 Å². The van der Waals surface area contributed by atoms with Crippen molar-refractivity contribution in [2.45, 2.75) is 26.4 Å². The van der Waals surface area contributed by atoms with Crippen molar-refractivity contribution < 1.29 is 33.3 Å². The van der Waals surface area contributed by atoms with Gasteiger partial charge in [-0.3, -0.25) is 4.79 Å². The molecule has 1 atom stereocenters. The molecule has 1 amide bonds. The molecule has 1 aliphatic heterocycles. The number of benzene rings is 2. The van der Waals surface area contributed by atoms with Crippen LogP contribution in [0.4, 0.5) is 0 Å². The molecule has 32 heavy (non-hydrogen) atoms. The average molecular weight is 443 g/mol. The molecular formula is C24H29NO7. The average Bonchev–Trinajstić information content (AvgIpc) is 2.80. The molecular weight excluding hydrogens is 414 g/mol. The predicted octanol–water partition coefficient (Wildman–Crippen LogP) is 3.23. The molecule has 0 radical (unpaired) electrons. The van der Waals surface area contributed by atoms with E-state index >= 15 is 0 Å². The fraction of sp³-hybridized carbons (Fsp3) is 0.417. The van der Waals surface area contributed by atoms with E-state index in [1.807, 2.05) is 18.2 Å². The van der Waals surface area contributed by atoms with E-state index in [0.29, 0.717) is 42.1 Å². The lowest BCUT2D eigenvalue weighted by Crippen LogP contribution is -2.42. The molecule has 2 aromatic rings. The second-order valence-electron chi connectivity index (χ2n) is 7.77. The maximum Gasteiger partial charge on any atom is 0.338 e. The number of hydrogen-bond donors (Lipinski definition) is 1. The van der Waals surface area contributed by atoms with Gasteiger partial charge in [0, 0.05) is 0 Å². The van der Waals surface area contributed by atoms with Crippen LogP contribution in [0.25, 0.3) is 0 Å². The molecule has 172 valence electrons. The third-order valence-corrected chi connectivity index (χ3v) is 4.78. The van der Waals surface area contributed by atoms with Gasteiger partial charge < -0.3 is 29.0 Å². The molecule has 0 saturated carbocycles. The monoisotopic (exact) mass is 443 g/mol. The minimum Gasteiger partial charge on any atom is -0.493 e. The van der Waals surface area contributed by atoms with Crippen molar-refractivity contribution in [1.29, 1.82) is 0 Å². The molecule has 8 nitrogen and oxygen atoms in total. The van der Waals surface area contributed by atoms with E-state index in [9.17, 15) is 9.59 Å². The zero-order chi connectivity index (χ0) is 22.9. The van der Waals surface area contributed by atoms with Crippen molar-refractivity contribution in [3.8, 4) is 23.0 Å². The summed E-state index contributed by atoms with van der Waals surface area (Å²) in [5.41, 5.74) is 0.270. The molecule has 2 aromatic carbocycles. The second kappa shape index (κ2) is 11.3. The third kappa shape index (κ3) is 6.54. The van der Waals surface area contributed by atoms with Crippen LogP contribution in [0.3, 0.4) is 0 Å². The van der Waals surface area contributed by atoms with Gasteiger partial charge in [0.05, 0.1) is 25.8 Å². The van der Waals surface area contributed by atoms with E-state index in [-0.39, 0.29) is 18.2 Å². The van der Waals surface area contributed by atoms with Crippen molar-refractivity contribution >= 4 is 11.9 Å². The summed E-state index contributed by atoms with van der Waals surface area (Å²) in [5, 5.41) is 2.69. The molecule has 0 aliphatic carbocycles. The molecule has 0 aromatic heterocycles. The Kier molecular flexibility index (Phi) is 8.19. The van der Waals surface area contributed by atoms with Gasteiger partial charge in [-0.05, 0) is 42.7 Å². The van der Waals surface area contributed by atoms with Gasteiger partial charge in [0.25, 0.3) is 5.91 Å². The van der Waals surface area contributed by atoms with Gasteiger partial charge in [-0.15, -0.1) is 0 Å². The number of para-hydroxylation sites is 2. The topological polar surface area (TPSA) is 92.3 Å². The summed E-state index contributed by atoms with van der Waals surface area (Å²) in [6.45, 7) is 4.94. The number of carbonyl (C=O) groups is 2. The first-order valence-electron chi connectivity index (χ1n) is 10.6. The molecule has 0 bridgehead atoms. The SMILES string of the molecule is COc1cc(C(=O)OCC(=O)NCC2COc3ccccc3O2)ccc1OCCC(C)C. The Hall–Kier alpha value is -3.42. The van der Waals surface area contributed by atoms with Gasteiger partial charge in [0.15, 0.2) is 29.6 Å². The molecule has 1 heterocycles. The smallest absolute Gasteiger partial charge is 0.338 e. The van der Waals surface area contributed by atoms with E-state index in [0.717, 1.165) is 6.42 Å². The number of carbonyl (C=O) groups excluding carboxylic acids is 2. The largest absolute Gasteiger partial charge is 0.493 e. The second-order valence-corrected chi connectivity index (χ2v) is 7.77. The van der Waals surface area contributed by atoms with Gasteiger partial charge in [-0.1, -0.05) is 26.0 Å². The number of amides is 1. The number of ether oxygens (including phenoxy) is 5. The van der Waals surface area contributed by atoms with Crippen LogP contribution in [0.2, 0.25) is 0 Å². The van der Waals surface area contributed by atoms with Crippen LogP contribution >= 0.6 is 0 Å². The molecule has 3 rings (SSSR count). The Bertz CT molecular complexity index is 928. The third-order valence-electron chi connectivity index (χ3n) is 4.78. The maximum absolute atomic E-state index is 12.3. The fourth-order valence-electron chi connectivity index (χ4n) is 2.98. The summed E-state index contributed by atoms with van der Waals surface area (Å²) in [5.74, 6) is 1.76. The van der Waals surface area contributed by atoms with Gasteiger partial charge >= 0.3 is 5.97 Å². The van der Waals surface area contributed by atoms with Gasteiger partial charge in [-0.2, -0.15) is 0 Å². The lowest BCUT2D eigenvalue weighted by molar-refractivity contribution is -0.124. The molecule has 0 spiro atoms. The number of fused-ring (bicyclic) bond motifs is 1. The Morgan fingerprint density at radius 1 is 1.12 bits per heavy atom. The minimum atomic E-state index is -0.627. The Balaban J connectivity index is 1.44. The first kappa shape index (κ1) is 23.2. The highest BCUT2D eigenvalue weighted by Crippen LogP contribution is 2.31. The van der Waals surface area contributed by atoms with Crippen LogP contribution < -0.4 is 24.3 Å². The van der Waals surface area contributed by atoms with Crippen LogP contribution in [0.15, 0.2) is 42.5 Å². The summed E-state index contributed by atoms with van der Waals surface area (Å²) < 4.78 is 27.5. The maximum atomic E-state index is 12.3. The van der Waals surface area contributed by atoms with Gasteiger partial charge in [-0.25, -0.2) is 4.79 Å². The standard InChI is InChI=1S/C24H29NO7/c1-16(2)10-11-29-20-9-8-17(12-22(20)28-3)24(27)31-15-23(26)25-13-18-14-30-19-6-4-5-7-21(19)32-18/h4-9,12,16,18H,10-11,13-15H2,1-3H3,(H,25,26). The highest BCUT2D eigenvalue weighted by molar-refractivity contribution is 5.92. The zero-order valence-electron chi connectivity index (χ0n) is 18.6. The van der Waals surface area contributed by atoms with Crippen molar-refractivity contribution in [1.82, 2.24) is 5.32 Å². The van der Waals surface area contributed by atoms with Crippen molar-refractivity contribution in [3.05, 3.63) is 48.0 Å². The molecule has 1 unspecified atom stereocenters. The van der Waals surface area contributed by atoms with E-state index in [1.54, 1.807) is 18.2 Å². The molecule has 8 heteroatoms. The first-order chi connectivity index (χ1) is 15.5. The van der Waals surface area contributed by atoms with Crippen molar-refractivity contribution in [3.63, 3.8) is 0 Å². The summed E-state index contributed by atoms with van der Waals surface area (Å²) >= 11 is 0. The Labute approximate surface area is 187 Å². The van der Waals surface area contributed by atoms with E-state index in [4.69, 9.17) is 23.7 Å². The fourth-order valence-corrected chi connectivity index (χ4v) is 2.98. The lowest BCUT2D eigenvalue weighted by atomic mass is 10.1. The van der Waals surface area contributed by atoms with E-state index < -0.39 is 18.5 Å². The summed E-state index contributed by atoms with van der Waals surface area (Å²) in [7, 11) is 1.50. The minimum absolute atomic E-state index is 0.237. The van der Waals surface area contributed by atoms with E-state index in [2.05, 4.69) is 19.2 Å². The van der Waals surface area contributed by atoms with Crippen molar-refractivity contribution in [2.24, 2.45) is 5.92 Å². The normalized spacial score (nSPS) is 14.6. The Morgan fingerprint density at radius 2 is 1.91 bits per heavy atom. The van der Waals surface area contributed by atoms with E-state index in [1.165, 1.54) is 13.2 Å². The van der Waals surface area contributed by atoms with Crippen molar-refractivity contribution in [2.75, 3.05) is 33.5 Å². The predicted molar refractivity (Wildman–Crippen MR) is 118 cm³/mol. The number of methoxy groups -OCH3 is 1. The number of rotatable bonds is 10. The highest BCUT2D eigenvalue weighted by atomic mass is 16.6. The first-order valence-corrected chi connectivity index (χ1v) is 10.6. The van der Waals surface area contributed by atoms with Crippen LogP contribution in [0.1, 0.15) is 30.6 Å². The lowest BCUT2D eigenvalue weighted by Gasteiger charge is -2.26. The van der Waals surface area contributed by atoms with Crippen LogP contribution in [-0.4, -0.2) is 51.5 Å². The van der Waals surface area contributed by atoms with Crippen LogP contribution in [0, 0.1) is 5.92 Å².